The van der Waals surface area contributed by atoms with Gasteiger partial charge in [-0.3, -0.25) is 0 Å². The van der Waals surface area contributed by atoms with Crippen LogP contribution in [0.4, 0.5) is 74.6 Å². The molecule has 23 heteroatoms. The first-order chi connectivity index (χ1) is 25.4. The number of benzene rings is 2. The Morgan fingerprint density at radius 2 is 1.00 bits per heavy atom. The average molecular weight is 847 g/mol. The molecule has 0 bridgehead atoms. The highest BCUT2D eigenvalue weighted by Gasteiger charge is 2.95. The van der Waals surface area contributed by atoms with Gasteiger partial charge in [-0.2, -0.15) is 74.6 Å². The molecule has 0 N–H and O–H groups in total. The Bertz CT molecular complexity index is 1590. The molecule has 2 aromatic rings. The number of alkyl halides is 17. The number of ether oxygens (including phenoxy) is 4. The Labute approximate surface area is 306 Å². The lowest BCUT2D eigenvalue weighted by Crippen LogP contribution is -2.74. The SMILES string of the molecule is CCCCCCCOc1ccc(C(=O)Oc2ccc(O[C@@H](C)C(=O)OCCC(F)(F)C(F)(F)C(F)(F)C(F)(F)C(F)(F)C(F)(F)C(F)(F)C(F)(F)F)cc2)cc1. The Balaban J connectivity index is 1.99. The second-order valence-corrected chi connectivity index (χ2v) is 12.0. The van der Waals surface area contributed by atoms with Crippen molar-refractivity contribution in [1.29, 1.82) is 0 Å². The summed E-state index contributed by atoms with van der Waals surface area (Å²) in [4.78, 5) is 24.6. The molecule has 0 aromatic heterocycles. The lowest BCUT2D eigenvalue weighted by atomic mass is 9.88. The first kappa shape index (κ1) is 47.9. The molecular weight excluding hydrogens is 815 g/mol. The van der Waals surface area contributed by atoms with Crippen molar-refractivity contribution in [3.05, 3.63) is 54.1 Å². The van der Waals surface area contributed by atoms with E-state index in [0.29, 0.717) is 12.4 Å². The van der Waals surface area contributed by atoms with Crippen LogP contribution < -0.4 is 14.2 Å². The summed E-state index contributed by atoms with van der Waals surface area (Å²) in [6.07, 6.45) is -7.49. The summed E-state index contributed by atoms with van der Waals surface area (Å²) < 4.78 is 248. The van der Waals surface area contributed by atoms with Crippen molar-refractivity contribution >= 4 is 11.9 Å². The zero-order valence-corrected chi connectivity index (χ0v) is 28.7. The number of carbonyl (C=O) groups excluding carboxylic acids is 2. The van der Waals surface area contributed by atoms with Crippen LogP contribution in [0.5, 0.6) is 17.2 Å². The maximum Gasteiger partial charge on any atom is 0.460 e. The van der Waals surface area contributed by atoms with Gasteiger partial charge in [0.25, 0.3) is 0 Å². The van der Waals surface area contributed by atoms with E-state index in [1.807, 2.05) is 0 Å². The van der Waals surface area contributed by atoms with Crippen LogP contribution in [0.3, 0.4) is 0 Å². The van der Waals surface area contributed by atoms with Crippen LogP contribution in [-0.2, 0) is 9.53 Å². The summed E-state index contributed by atoms with van der Waals surface area (Å²) in [5, 5.41) is 0. The highest BCUT2D eigenvalue weighted by atomic mass is 19.4. The maximum atomic E-state index is 14.1. The van der Waals surface area contributed by atoms with Gasteiger partial charge in [0.15, 0.2) is 6.10 Å². The van der Waals surface area contributed by atoms with Gasteiger partial charge in [0.1, 0.15) is 17.2 Å². The van der Waals surface area contributed by atoms with E-state index in [1.165, 1.54) is 12.1 Å². The monoisotopic (exact) mass is 846 g/mol. The number of rotatable bonds is 21. The largest absolute Gasteiger partial charge is 0.494 e. The minimum Gasteiger partial charge on any atom is -0.494 e. The normalized spacial score (nSPS) is 14.3. The van der Waals surface area contributed by atoms with Crippen molar-refractivity contribution in [3.63, 3.8) is 0 Å². The van der Waals surface area contributed by atoms with Crippen LogP contribution in [0, 0.1) is 0 Å². The van der Waals surface area contributed by atoms with Gasteiger partial charge in [-0.05, 0) is 61.9 Å². The van der Waals surface area contributed by atoms with Crippen molar-refractivity contribution in [3.8, 4) is 17.2 Å². The van der Waals surface area contributed by atoms with Crippen LogP contribution >= 0.6 is 0 Å². The van der Waals surface area contributed by atoms with Gasteiger partial charge < -0.3 is 18.9 Å². The number of unbranched alkanes of at least 4 members (excludes halogenated alkanes) is 4. The van der Waals surface area contributed by atoms with Crippen molar-refractivity contribution in [2.75, 3.05) is 13.2 Å². The van der Waals surface area contributed by atoms with Crippen LogP contribution in [0.2, 0.25) is 0 Å². The Morgan fingerprint density at radius 3 is 1.50 bits per heavy atom. The molecule has 0 amide bonds. The van der Waals surface area contributed by atoms with Crippen LogP contribution in [0.25, 0.3) is 0 Å². The first-order valence-corrected chi connectivity index (χ1v) is 16.0. The third-order valence-electron chi connectivity index (χ3n) is 7.73. The Kier molecular flexibility index (Phi) is 15.0. The summed E-state index contributed by atoms with van der Waals surface area (Å²) >= 11 is 0. The van der Waals surface area contributed by atoms with Gasteiger partial charge in [-0.15, -0.1) is 0 Å². The number of carbonyl (C=O) groups is 2. The van der Waals surface area contributed by atoms with Crippen molar-refractivity contribution in [2.24, 2.45) is 0 Å². The molecule has 0 spiro atoms. The Morgan fingerprint density at radius 1 is 0.554 bits per heavy atom. The topological polar surface area (TPSA) is 71.1 Å². The zero-order chi connectivity index (χ0) is 43.2. The zero-order valence-electron chi connectivity index (χ0n) is 28.7. The van der Waals surface area contributed by atoms with Crippen LogP contribution in [0.15, 0.2) is 48.5 Å². The summed E-state index contributed by atoms with van der Waals surface area (Å²) in [5.41, 5.74) is 0.128. The highest BCUT2D eigenvalue weighted by molar-refractivity contribution is 5.91. The molecule has 0 heterocycles. The third kappa shape index (κ3) is 9.83. The van der Waals surface area contributed by atoms with Crippen molar-refractivity contribution < 1.29 is 103 Å². The lowest BCUT2D eigenvalue weighted by molar-refractivity contribution is -0.461. The first-order valence-electron chi connectivity index (χ1n) is 16.0. The molecule has 0 radical (unpaired) electrons. The van der Waals surface area contributed by atoms with Crippen LogP contribution in [0.1, 0.15) is 62.7 Å². The van der Waals surface area contributed by atoms with Gasteiger partial charge in [-0.1, -0.05) is 32.6 Å². The summed E-state index contributed by atoms with van der Waals surface area (Å²) in [6, 6.07) is 10.4. The molecular formula is C33H31F17O6. The predicted molar refractivity (Wildman–Crippen MR) is 158 cm³/mol. The summed E-state index contributed by atoms with van der Waals surface area (Å²) in [5.74, 6) is -59.7. The molecule has 56 heavy (non-hydrogen) atoms. The van der Waals surface area contributed by atoms with E-state index >= 15 is 0 Å². The molecule has 0 aliphatic carbocycles. The molecule has 318 valence electrons. The van der Waals surface area contributed by atoms with Crippen molar-refractivity contribution in [1.82, 2.24) is 0 Å². The molecule has 1 atom stereocenters. The molecule has 0 saturated carbocycles. The van der Waals surface area contributed by atoms with Crippen molar-refractivity contribution in [2.45, 2.75) is 106 Å². The van der Waals surface area contributed by atoms with Crippen LogP contribution in [-0.4, -0.2) is 78.9 Å². The molecule has 6 nitrogen and oxygen atoms in total. The van der Waals surface area contributed by atoms with E-state index in [1.54, 1.807) is 12.1 Å². The highest BCUT2D eigenvalue weighted by Crippen LogP contribution is 2.64. The number of hydrogen-bond acceptors (Lipinski definition) is 6. The molecule has 0 fully saturated rings. The Hall–Kier alpha value is -4.21. The van der Waals surface area contributed by atoms with Gasteiger partial charge >= 0.3 is 59.6 Å². The minimum atomic E-state index is -8.74. The molecule has 0 aliphatic rings. The lowest BCUT2D eigenvalue weighted by Gasteiger charge is -2.42. The quantitative estimate of drug-likeness (QED) is 0.0539. The maximum absolute atomic E-state index is 14.1. The van der Waals surface area contributed by atoms with Gasteiger partial charge in [0, 0.05) is 0 Å². The van der Waals surface area contributed by atoms with Gasteiger partial charge in [0.2, 0.25) is 0 Å². The fourth-order valence-electron chi connectivity index (χ4n) is 4.34. The second-order valence-electron chi connectivity index (χ2n) is 12.0. The second kappa shape index (κ2) is 17.5. The summed E-state index contributed by atoms with van der Waals surface area (Å²) in [7, 11) is 0. The van der Waals surface area contributed by atoms with E-state index in [4.69, 9.17) is 14.2 Å². The molecule has 0 aliphatic heterocycles. The predicted octanol–water partition coefficient (Wildman–Crippen LogP) is 11.0. The number of esters is 2. The summed E-state index contributed by atoms with van der Waals surface area (Å²) in [6.45, 7) is 1.30. The van der Waals surface area contributed by atoms with E-state index in [2.05, 4.69) is 11.7 Å². The van der Waals surface area contributed by atoms with E-state index in [-0.39, 0.29) is 17.1 Å². The van der Waals surface area contributed by atoms with E-state index in [0.717, 1.165) is 63.3 Å². The fraction of sp³-hybridized carbons (Fsp3) is 0.576. The average Bonchev–Trinajstić information content (AvgIpc) is 3.09. The van der Waals surface area contributed by atoms with Gasteiger partial charge in [0.05, 0.1) is 25.2 Å². The van der Waals surface area contributed by atoms with E-state index in [9.17, 15) is 84.2 Å². The smallest absolute Gasteiger partial charge is 0.460 e. The third-order valence-corrected chi connectivity index (χ3v) is 7.73. The fourth-order valence-corrected chi connectivity index (χ4v) is 4.34. The number of hydrogen-bond donors (Lipinski definition) is 0. The molecule has 2 aromatic carbocycles. The van der Waals surface area contributed by atoms with Gasteiger partial charge in [-0.25, -0.2) is 9.59 Å². The standard InChI is InChI=1S/C33H31F17O6/c1-3-4-5-6-7-17-53-21-10-8-20(9-11-21)25(52)56-23-14-12-22(13-15-23)55-19(2)24(51)54-18-16-26(34,35)27(36,37)28(38,39)29(40,41)30(42,43)31(44,45)32(46,47)33(48,49)50/h8-15,19H,3-7,16-18H2,1-2H3/t19-/m0/s1. The minimum absolute atomic E-state index is 0.0638. The van der Waals surface area contributed by atoms with E-state index < -0.39 is 78.7 Å². The molecule has 0 saturated heterocycles. The molecule has 2 rings (SSSR count). The number of halogens is 17. The molecule has 0 unspecified atom stereocenters.